The van der Waals surface area contributed by atoms with Crippen molar-refractivity contribution in [3.8, 4) is 6.07 Å². The molecule has 4 atom stereocenters. The average Bonchev–Trinajstić information content (AvgIpc) is 2.70. The molecule has 1 heterocycles. The van der Waals surface area contributed by atoms with Crippen LogP contribution in [0, 0.1) is 23.2 Å². The van der Waals surface area contributed by atoms with Crippen molar-refractivity contribution in [1.29, 1.82) is 5.26 Å². The predicted molar refractivity (Wildman–Crippen MR) is 76.5 cm³/mol. The average molecular weight is 268 g/mol. The molecule has 2 fully saturated rings. The van der Waals surface area contributed by atoms with Gasteiger partial charge in [0.05, 0.1) is 17.5 Å². The minimum Gasteiger partial charge on any atom is -0.330 e. The van der Waals surface area contributed by atoms with Crippen LogP contribution in [0.1, 0.15) is 38.7 Å². The summed E-state index contributed by atoms with van der Waals surface area (Å²) in [6, 6.07) is 13.0. The normalized spacial score (nSPS) is 35.6. The Labute approximate surface area is 120 Å². The van der Waals surface area contributed by atoms with Gasteiger partial charge in [0.25, 0.3) is 0 Å². The van der Waals surface area contributed by atoms with E-state index >= 15 is 0 Å². The second-order valence-electron chi connectivity index (χ2n) is 6.21. The molecule has 1 aliphatic heterocycles. The van der Waals surface area contributed by atoms with E-state index < -0.39 is 0 Å². The number of rotatable bonds is 1. The molecule has 3 heteroatoms. The number of nitrogens with zero attached hydrogens (tertiary/aromatic N) is 2. The number of benzene rings is 1. The standard InChI is InChI=1S/C17H20N2O/c1-12(20)19-15-9-8-13(11-18)16(10-15)17(19,2)14-6-4-3-5-7-14/h3-7,13,15-16H,8-10H2,1-2H3/t13-,15+,16+,17-/m1/s1. The van der Waals surface area contributed by atoms with E-state index in [1.807, 2.05) is 23.1 Å². The third-order valence-electron chi connectivity index (χ3n) is 5.27. The van der Waals surface area contributed by atoms with Crippen LogP contribution in [0.5, 0.6) is 0 Å². The first-order valence-corrected chi connectivity index (χ1v) is 7.34. The zero-order valence-electron chi connectivity index (χ0n) is 12.0. The molecule has 1 saturated heterocycles. The van der Waals surface area contributed by atoms with Crippen molar-refractivity contribution in [3.63, 3.8) is 0 Å². The highest BCUT2D eigenvalue weighted by Crippen LogP contribution is 2.54. The lowest BCUT2D eigenvalue weighted by Gasteiger charge is -2.40. The molecular formula is C17H20N2O. The molecule has 3 rings (SSSR count). The summed E-state index contributed by atoms with van der Waals surface area (Å²) in [4.78, 5) is 14.3. The maximum absolute atomic E-state index is 12.2. The topological polar surface area (TPSA) is 44.1 Å². The molecule has 20 heavy (non-hydrogen) atoms. The van der Waals surface area contributed by atoms with Crippen molar-refractivity contribution in [2.45, 2.75) is 44.7 Å². The number of hydrogen-bond acceptors (Lipinski definition) is 2. The Hall–Kier alpha value is -1.82. The summed E-state index contributed by atoms with van der Waals surface area (Å²) in [5.74, 6) is 0.431. The van der Waals surface area contributed by atoms with Crippen molar-refractivity contribution >= 4 is 5.91 Å². The summed E-state index contributed by atoms with van der Waals surface area (Å²) < 4.78 is 0. The second kappa shape index (κ2) is 4.63. The van der Waals surface area contributed by atoms with E-state index in [0.29, 0.717) is 6.04 Å². The third-order valence-corrected chi connectivity index (χ3v) is 5.27. The molecule has 0 N–H and O–H groups in total. The molecule has 2 aliphatic rings. The fourth-order valence-corrected chi connectivity index (χ4v) is 4.43. The van der Waals surface area contributed by atoms with Crippen LogP contribution in [0.25, 0.3) is 0 Å². The molecule has 1 amide bonds. The van der Waals surface area contributed by atoms with Crippen LogP contribution >= 0.6 is 0 Å². The quantitative estimate of drug-likeness (QED) is 0.785. The lowest BCUT2D eigenvalue weighted by molar-refractivity contribution is -0.135. The highest BCUT2D eigenvalue weighted by atomic mass is 16.2. The maximum Gasteiger partial charge on any atom is 0.220 e. The van der Waals surface area contributed by atoms with Crippen LogP contribution in [0.15, 0.2) is 30.3 Å². The van der Waals surface area contributed by atoms with Gasteiger partial charge in [-0.05, 0) is 31.7 Å². The zero-order chi connectivity index (χ0) is 14.3. The lowest BCUT2D eigenvalue weighted by Crippen LogP contribution is -2.47. The van der Waals surface area contributed by atoms with Crippen molar-refractivity contribution in [1.82, 2.24) is 4.90 Å². The minimum absolute atomic E-state index is 0.0563. The largest absolute Gasteiger partial charge is 0.330 e. The molecule has 1 aromatic carbocycles. The fourth-order valence-electron chi connectivity index (χ4n) is 4.43. The molecule has 1 aromatic rings. The molecule has 0 radical (unpaired) electrons. The Kier molecular flexibility index (Phi) is 3.05. The summed E-state index contributed by atoms with van der Waals surface area (Å²) in [6.45, 7) is 3.80. The van der Waals surface area contributed by atoms with E-state index in [0.717, 1.165) is 24.8 Å². The van der Waals surface area contributed by atoms with Crippen molar-refractivity contribution in [2.75, 3.05) is 0 Å². The van der Waals surface area contributed by atoms with Crippen molar-refractivity contribution < 1.29 is 4.79 Å². The maximum atomic E-state index is 12.2. The van der Waals surface area contributed by atoms with Crippen LogP contribution in [-0.2, 0) is 10.3 Å². The van der Waals surface area contributed by atoms with E-state index in [1.165, 1.54) is 0 Å². The third kappa shape index (κ3) is 1.67. The molecule has 0 unspecified atom stereocenters. The zero-order valence-corrected chi connectivity index (χ0v) is 12.0. The Morgan fingerprint density at radius 3 is 2.65 bits per heavy atom. The smallest absolute Gasteiger partial charge is 0.220 e. The van der Waals surface area contributed by atoms with Gasteiger partial charge in [0.15, 0.2) is 0 Å². The summed E-state index contributed by atoms with van der Waals surface area (Å²) >= 11 is 0. The summed E-state index contributed by atoms with van der Waals surface area (Å²) in [5.41, 5.74) is 0.819. The first-order valence-electron chi connectivity index (χ1n) is 7.34. The van der Waals surface area contributed by atoms with Gasteiger partial charge in [-0.25, -0.2) is 0 Å². The molecule has 0 spiro atoms. The van der Waals surface area contributed by atoms with Crippen LogP contribution in [0.3, 0.4) is 0 Å². The Balaban J connectivity index is 2.13. The van der Waals surface area contributed by atoms with Crippen molar-refractivity contribution in [2.24, 2.45) is 11.8 Å². The molecule has 104 valence electrons. The molecule has 3 nitrogen and oxygen atoms in total. The van der Waals surface area contributed by atoms with Gasteiger partial charge in [-0.1, -0.05) is 30.3 Å². The van der Waals surface area contributed by atoms with E-state index in [1.54, 1.807) is 6.92 Å². The van der Waals surface area contributed by atoms with Crippen LogP contribution in [0.2, 0.25) is 0 Å². The Morgan fingerprint density at radius 2 is 2.05 bits per heavy atom. The minimum atomic E-state index is -0.339. The van der Waals surface area contributed by atoms with Gasteiger partial charge in [0.2, 0.25) is 5.91 Å². The first kappa shape index (κ1) is 13.2. The molecule has 0 aromatic heterocycles. The van der Waals surface area contributed by atoms with Gasteiger partial charge in [-0.15, -0.1) is 0 Å². The number of nitriles is 1. The molecule has 2 bridgehead atoms. The highest BCUT2D eigenvalue weighted by molar-refractivity contribution is 5.75. The van der Waals surface area contributed by atoms with E-state index in [9.17, 15) is 10.1 Å². The number of carbonyl (C=O) groups is 1. The number of likely N-dealkylation sites (tertiary alicyclic amines) is 1. The molecular weight excluding hydrogens is 248 g/mol. The monoisotopic (exact) mass is 268 g/mol. The van der Waals surface area contributed by atoms with Crippen LogP contribution in [-0.4, -0.2) is 16.8 Å². The van der Waals surface area contributed by atoms with E-state index in [-0.39, 0.29) is 23.3 Å². The van der Waals surface area contributed by atoms with Gasteiger partial charge in [0, 0.05) is 18.9 Å². The van der Waals surface area contributed by atoms with E-state index in [4.69, 9.17) is 0 Å². The number of amides is 1. The van der Waals surface area contributed by atoms with E-state index in [2.05, 4.69) is 25.1 Å². The molecule has 1 aliphatic carbocycles. The number of carbonyl (C=O) groups excluding carboxylic acids is 1. The van der Waals surface area contributed by atoms with Gasteiger partial charge < -0.3 is 4.90 Å². The Morgan fingerprint density at radius 1 is 1.35 bits per heavy atom. The van der Waals surface area contributed by atoms with Gasteiger partial charge >= 0.3 is 0 Å². The van der Waals surface area contributed by atoms with Gasteiger partial charge in [-0.3, -0.25) is 4.79 Å². The second-order valence-corrected chi connectivity index (χ2v) is 6.21. The Bertz CT molecular complexity index is 562. The summed E-state index contributed by atoms with van der Waals surface area (Å²) in [6.07, 6.45) is 2.83. The summed E-state index contributed by atoms with van der Waals surface area (Å²) in [5, 5.41) is 9.46. The number of fused-ring (bicyclic) bond motifs is 2. The SMILES string of the molecule is CC(=O)N1[C@H]2CC[C@H](C#N)[C@H](C2)[C@@]1(C)c1ccccc1. The first-order chi connectivity index (χ1) is 9.59. The predicted octanol–water partition coefficient (Wildman–Crippen LogP) is 3.07. The van der Waals surface area contributed by atoms with Crippen LogP contribution < -0.4 is 0 Å². The summed E-state index contributed by atoms with van der Waals surface area (Å²) in [7, 11) is 0. The van der Waals surface area contributed by atoms with Gasteiger partial charge in [-0.2, -0.15) is 5.26 Å². The highest BCUT2D eigenvalue weighted by Gasteiger charge is 2.57. The van der Waals surface area contributed by atoms with Crippen molar-refractivity contribution in [3.05, 3.63) is 35.9 Å². The molecule has 1 saturated carbocycles. The lowest BCUT2D eigenvalue weighted by atomic mass is 9.70. The van der Waals surface area contributed by atoms with Gasteiger partial charge in [0.1, 0.15) is 0 Å². The fraction of sp³-hybridized carbons (Fsp3) is 0.529. The number of hydrogen-bond donors (Lipinski definition) is 0. The van der Waals surface area contributed by atoms with Crippen LogP contribution in [0.4, 0.5) is 0 Å².